The first-order valence-electron chi connectivity index (χ1n) is 8.53. The maximum Gasteiger partial charge on any atom is 0.151 e. The number of hydrogen-bond donors (Lipinski definition) is 0. The van der Waals surface area contributed by atoms with Crippen LogP contribution in [0.3, 0.4) is 0 Å². The van der Waals surface area contributed by atoms with Crippen molar-refractivity contribution in [3.05, 3.63) is 36.4 Å². The smallest absolute Gasteiger partial charge is 0.151 e. The van der Waals surface area contributed by atoms with Crippen molar-refractivity contribution in [2.75, 3.05) is 6.54 Å². The highest BCUT2D eigenvalue weighted by atomic mass is 16.5. The molecule has 1 aliphatic heterocycles. The van der Waals surface area contributed by atoms with Crippen molar-refractivity contribution in [2.45, 2.75) is 52.6 Å². The van der Waals surface area contributed by atoms with E-state index in [-0.39, 0.29) is 0 Å². The summed E-state index contributed by atoms with van der Waals surface area (Å²) < 4.78 is 5.59. The second-order valence-corrected chi connectivity index (χ2v) is 8.54. The van der Waals surface area contributed by atoms with Crippen molar-refractivity contribution in [1.82, 2.24) is 15.0 Å². The third-order valence-corrected chi connectivity index (χ3v) is 5.40. The Hall–Kier alpha value is -1.68. The zero-order valence-electron chi connectivity index (χ0n) is 14.2. The molecule has 2 bridgehead atoms. The normalized spacial score (nSPS) is 29.8. The first-order chi connectivity index (χ1) is 10.9. The van der Waals surface area contributed by atoms with E-state index in [1.54, 1.807) is 6.20 Å². The summed E-state index contributed by atoms with van der Waals surface area (Å²) in [6.07, 6.45) is 7.53. The van der Waals surface area contributed by atoms with Gasteiger partial charge in [0.25, 0.3) is 0 Å². The molecule has 4 heteroatoms. The monoisotopic (exact) mass is 311 g/mol. The maximum absolute atomic E-state index is 5.59. The third kappa shape index (κ3) is 2.92. The minimum Gasteiger partial charge on any atom is -0.359 e. The molecule has 0 unspecified atom stereocenters. The summed E-state index contributed by atoms with van der Waals surface area (Å²) in [4.78, 5) is 6.75. The summed E-state index contributed by atoms with van der Waals surface area (Å²) in [6, 6.07) is 6.68. The Labute approximate surface area is 137 Å². The summed E-state index contributed by atoms with van der Waals surface area (Å²) in [7, 11) is 0. The summed E-state index contributed by atoms with van der Waals surface area (Å²) >= 11 is 0. The molecule has 2 aliphatic rings. The van der Waals surface area contributed by atoms with E-state index in [0.29, 0.717) is 16.9 Å². The van der Waals surface area contributed by atoms with Crippen LogP contribution in [0.25, 0.3) is 11.3 Å². The minimum atomic E-state index is 0.453. The molecular weight excluding hydrogens is 286 g/mol. The van der Waals surface area contributed by atoms with Gasteiger partial charge in [0.2, 0.25) is 0 Å². The van der Waals surface area contributed by atoms with Crippen LogP contribution in [0.4, 0.5) is 0 Å². The Bertz CT molecular complexity index is 694. The van der Waals surface area contributed by atoms with E-state index in [0.717, 1.165) is 23.6 Å². The lowest BCUT2D eigenvalue weighted by atomic mass is 9.65. The molecule has 1 saturated carbocycles. The fourth-order valence-electron chi connectivity index (χ4n) is 5.00. The van der Waals surface area contributed by atoms with Crippen LogP contribution in [0.2, 0.25) is 0 Å². The number of rotatable bonds is 3. The van der Waals surface area contributed by atoms with Crippen LogP contribution in [-0.2, 0) is 6.54 Å². The number of aromatic nitrogens is 2. The molecule has 3 heterocycles. The van der Waals surface area contributed by atoms with E-state index in [1.807, 2.05) is 18.3 Å². The van der Waals surface area contributed by atoms with E-state index >= 15 is 0 Å². The van der Waals surface area contributed by atoms with Gasteiger partial charge >= 0.3 is 0 Å². The Kier molecular flexibility index (Phi) is 3.34. The van der Waals surface area contributed by atoms with Crippen molar-refractivity contribution in [3.63, 3.8) is 0 Å². The molecule has 1 saturated heterocycles. The highest BCUT2D eigenvalue weighted by molar-refractivity contribution is 5.57. The van der Waals surface area contributed by atoms with Gasteiger partial charge < -0.3 is 4.52 Å². The lowest BCUT2D eigenvalue weighted by molar-refractivity contribution is 0.124. The summed E-state index contributed by atoms with van der Waals surface area (Å²) in [5.74, 6) is 0.956. The standard InChI is InChI=1S/C19H25N3O/c1-18(2)8-15-9-19(3,12-18)13-22(15)11-16-7-17(21-23-16)14-5-4-6-20-10-14/h4-7,10,15H,8-9,11-13H2,1-3H3/t15-,19-/m1/s1. The zero-order chi connectivity index (χ0) is 16.1. The molecule has 0 aromatic carbocycles. The number of pyridine rings is 1. The Balaban J connectivity index is 1.50. The van der Waals surface area contributed by atoms with Gasteiger partial charge in [-0.15, -0.1) is 0 Å². The molecule has 4 nitrogen and oxygen atoms in total. The number of fused-ring (bicyclic) bond motifs is 2. The van der Waals surface area contributed by atoms with Gasteiger partial charge in [-0.3, -0.25) is 9.88 Å². The van der Waals surface area contributed by atoms with Crippen molar-refractivity contribution >= 4 is 0 Å². The number of nitrogens with zero attached hydrogens (tertiary/aromatic N) is 3. The first kappa shape index (κ1) is 14.9. The largest absolute Gasteiger partial charge is 0.359 e. The highest BCUT2D eigenvalue weighted by Gasteiger charge is 2.49. The molecule has 0 amide bonds. The molecule has 0 spiro atoms. The van der Waals surface area contributed by atoms with Gasteiger partial charge in [-0.2, -0.15) is 0 Å². The fraction of sp³-hybridized carbons (Fsp3) is 0.579. The van der Waals surface area contributed by atoms with E-state index in [1.165, 1.54) is 25.8 Å². The molecule has 1 aliphatic carbocycles. The van der Waals surface area contributed by atoms with Crippen LogP contribution in [-0.4, -0.2) is 27.6 Å². The van der Waals surface area contributed by atoms with Crippen LogP contribution in [0.1, 0.15) is 45.8 Å². The van der Waals surface area contributed by atoms with Crippen LogP contribution in [0.5, 0.6) is 0 Å². The fourth-order valence-corrected chi connectivity index (χ4v) is 5.00. The second kappa shape index (κ2) is 5.17. The molecule has 0 radical (unpaired) electrons. The Morgan fingerprint density at radius 2 is 2.17 bits per heavy atom. The molecule has 4 rings (SSSR count). The van der Waals surface area contributed by atoms with Gasteiger partial charge in [0.1, 0.15) is 5.69 Å². The summed E-state index contributed by atoms with van der Waals surface area (Å²) in [5.41, 5.74) is 2.80. The van der Waals surface area contributed by atoms with Crippen molar-refractivity contribution < 1.29 is 4.52 Å². The molecule has 2 atom stereocenters. The topological polar surface area (TPSA) is 42.2 Å². The number of hydrogen-bond acceptors (Lipinski definition) is 4. The molecule has 2 fully saturated rings. The minimum absolute atomic E-state index is 0.453. The van der Waals surface area contributed by atoms with Crippen LogP contribution >= 0.6 is 0 Å². The predicted molar refractivity (Wildman–Crippen MR) is 89.7 cm³/mol. The maximum atomic E-state index is 5.59. The van der Waals surface area contributed by atoms with Gasteiger partial charge in [-0.05, 0) is 42.2 Å². The van der Waals surface area contributed by atoms with Crippen LogP contribution in [0, 0.1) is 10.8 Å². The van der Waals surface area contributed by atoms with Crippen molar-refractivity contribution in [1.29, 1.82) is 0 Å². The summed E-state index contributed by atoms with van der Waals surface area (Å²) in [5, 5.41) is 4.22. The third-order valence-electron chi connectivity index (χ3n) is 5.40. The van der Waals surface area contributed by atoms with Gasteiger partial charge in [0.15, 0.2) is 5.76 Å². The highest BCUT2D eigenvalue weighted by Crippen LogP contribution is 2.52. The molecule has 23 heavy (non-hydrogen) atoms. The van der Waals surface area contributed by atoms with Gasteiger partial charge in [-0.25, -0.2) is 0 Å². The van der Waals surface area contributed by atoms with Crippen LogP contribution < -0.4 is 0 Å². The van der Waals surface area contributed by atoms with Crippen molar-refractivity contribution in [2.24, 2.45) is 10.8 Å². The lowest BCUT2D eigenvalue weighted by Gasteiger charge is -2.39. The number of likely N-dealkylation sites (tertiary alicyclic amines) is 1. The average Bonchev–Trinajstić information content (AvgIpc) is 3.02. The van der Waals surface area contributed by atoms with Crippen molar-refractivity contribution in [3.8, 4) is 11.3 Å². The first-order valence-corrected chi connectivity index (χ1v) is 8.53. The van der Waals surface area contributed by atoms with Gasteiger partial charge in [-0.1, -0.05) is 25.9 Å². The van der Waals surface area contributed by atoms with E-state index in [9.17, 15) is 0 Å². The molecule has 2 aromatic heterocycles. The summed E-state index contributed by atoms with van der Waals surface area (Å²) in [6.45, 7) is 9.31. The van der Waals surface area contributed by atoms with E-state index in [4.69, 9.17) is 4.52 Å². The van der Waals surface area contributed by atoms with Gasteiger partial charge in [0.05, 0.1) is 6.54 Å². The lowest BCUT2D eigenvalue weighted by Crippen LogP contribution is -2.34. The average molecular weight is 311 g/mol. The molecule has 122 valence electrons. The van der Waals surface area contributed by atoms with Crippen LogP contribution in [0.15, 0.2) is 35.1 Å². The zero-order valence-corrected chi connectivity index (χ0v) is 14.2. The quantitative estimate of drug-likeness (QED) is 0.854. The Morgan fingerprint density at radius 3 is 2.96 bits per heavy atom. The second-order valence-electron chi connectivity index (χ2n) is 8.54. The van der Waals surface area contributed by atoms with E-state index in [2.05, 4.69) is 41.9 Å². The molecule has 0 N–H and O–H groups in total. The predicted octanol–water partition coefficient (Wildman–Crippen LogP) is 4.14. The van der Waals surface area contributed by atoms with Gasteiger partial charge in [0, 0.05) is 36.6 Å². The SMILES string of the molecule is CC1(C)C[C@@H]2C[C@@](C)(CN2Cc2cc(-c3cccnc3)no2)C1. The molecule has 2 aromatic rings. The Morgan fingerprint density at radius 1 is 1.30 bits per heavy atom. The van der Waals surface area contributed by atoms with E-state index < -0.39 is 0 Å². The molecular formula is C19H25N3O.